The van der Waals surface area contributed by atoms with Crippen LogP contribution in [0.25, 0.3) is 0 Å². The Labute approximate surface area is 190 Å². The summed E-state index contributed by atoms with van der Waals surface area (Å²) in [5.41, 5.74) is 5.47. The molecule has 0 bridgehead atoms. The highest BCUT2D eigenvalue weighted by Crippen LogP contribution is 2.28. The zero-order valence-corrected chi connectivity index (χ0v) is 19.3. The molecule has 2 aliphatic heterocycles. The molecule has 2 aromatic rings. The fourth-order valence-electron chi connectivity index (χ4n) is 4.49. The van der Waals surface area contributed by atoms with Crippen LogP contribution in [0.5, 0.6) is 0 Å². The van der Waals surface area contributed by atoms with E-state index in [9.17, 15) is 4.79 Å². The molecule has 2 fully saturated rings. The first-order valence-corrected chi connectivity index (χ1v) is 11.7. The van der Waals surface area contributed by atoms with E-state index in [2.05, 4.69) is 46.7 Å². The van der Waals surface area contributed by atoms with Crippen molar-refractivity contribution >= 4 is 40.3 Å². The van der Waals surface area contributed by atoms with E-state index < -0.39 is 0 Å². The second kappa shape index (κ2) is 9.69. The second-order valence-corrected chi connectivity index (χ2v) is 9.23. The van der Waals surface area contributed by atoms with Gasteiger partial charge in [0.15, 0.2) is 5.11 Å². The Kier molecular flexibility index (Phi) is 6.76. The van der Waals surface area contributed by atoms with Crippen LogP contribution in [0, 0.1) is 12.8 Å². The summed E-state index contributed by atoms with van der Waals surface area (Å²) in [7, 11) is 0. The average molecular weight is 437 g/mol. The molecule has 0 saturated carbocycles. The van der Waals surface area contributed by atoms with Crippen LogP contribution < -0.4 is 20.4 Å². The minimum absolute atomic E-state index is 0.198. The minimum Gasteiger partial charge on any atom is -0.371 e. The first-order chi connectivity index (χ1) is 15.0. The molecule has 2 saturated heterocycles. The molecule has 0 aliphatic carbocycles. The van der Waals surface area contributed by atoms with Crippen molar-refractivity contribution in [3.05, 3.63) is 53.6 Å². The summed E-state index contributed by atoms with van der Waals surface area (Å²) in [5.74, 6) is 0.966. The highest BCUT2D eigenvalue weighted by Gasteiger charge is 2.23. The number of aryl methyl sites for hydroxylation is 1. The van der Waals surface area contributed by atoms with Crippen LogP contribution in [-0.4, -0.2) is 30.7 Å². The van der Waals surface area contributed by atoms with Gasteiger partial charge in [0.25, 0.3) is 0 Å². The number of hydrogen-bond acceptors (Lipinski definition) is 3. The molecule has 1 amide bonds. The van der Waals surface area contributed by atoms with Crippen LogP contribution in [0.4, 0.5) is 17.1 Å². The molecule has 2 aliphatic rings. The van der Waals surface area contributed by atoms with Crippen LogP contribution in [0.1, 0.15) is 43.7 Å². The quantitative estimate of drug-likeness (QED) is 0.657. The van der Waals surface area contributed by atoms with Gasteiger partial charge in [-0.05, 0) is 79.7 Å². The number of carbonyl (C=O) groups is 1. The van der Waals surface area contributed by atoms with Crippen molar-refractivity contribution in [3.8, 4) is 0 Å². The molecule has 2 aromatic carbocycles. The number of hydrogen-bond donors (Lipinski definition) is 2. The second-order valence-electron chi connectivity index (χ2n) is 8.82. The van der Waals surface area contributed by atoms with Crippen LogP contribution in [0.15, 0.2) is 42.5 Å². The van der Waals surface area contributed by atoms with Crippen molar-refractivity contribution in [2.24, 2.45) is 5.92 Å². The number of piperidine rings is 1. The van der Waals surface area contributed by atoms with Gasteiger partial charge in [-0.1, -0.05) is 25.1 Å². The van der Waals surface area contributed by atoms with Gasteiger partial charge in [-0.15, -0.1) is 0 Å². The first-order valence-electron chi connectivity index (χ1n) is 11.3. The van der Waals surface area contributed by atoms with Gasteiger partial charge >= 0.3 is 0 Å². The van der Waals surface area contributed by atoms with Gasteiger partial charge in [0.05, 0.1) is 0 Å². The van der Waals surface area contributed by atoms with Gasteiger partial charge in [-0.3, -0.25) is 4.79 Å². The van der Waals surface area contributed by atoms with Gasteiger partial charge < -0.3 is 20.4 Å². The average Bonchev–Trinajstić information content (AvgIpc) is 3.19. The Balaban J connectivity index is 1.32. The van der Waals surface area contributed by atoms with E-state index in [-0.39, 0.29) is 5.91 Å². The lowest BCUT2D eigenvalue weighted by Gasteiger charge is -2.32. The van der Waals surface area contributed by atoms with Crippen molar-refractivity contribution in [2.45, 2.75) is 46.1 Å². The van der Waals surface area contributed by atoms with Gasteiger partial charge in [0.2, 0.25) is 5.91 Å². The smallest absolute Gasteiger partial charge is 0.227 e. The number of nitrogens with one attached hydrogen (secondary N) is 2. The zero-order valence-electron chi connectivity index (χ0n) is 18.5. The molecule has 164 valence electrons. The monoisotopic (exact) mass is 436 g/mol. The maximum Gasteiger partial charge on any atom is 0.227 e. The lowest BCUT2D eigenvalue weighted by Crippen LogP contribution is -2.34. The minimum atomic E-state index is 0.198. The Morgan fingerprint density at radius 1 is 1.13 bits per heavy atom. The van der Waals surface area contributed by atoms with Gasteiger partial charge in [-0.25, -0.2) is 0 Å². The number of thiocarbonyl (C=S) groups is 1. The third-order valence-corrected chi connectivity index (χ3v) is 6.49. The van der Waals surface area contributed by atoms with Crippen molar-refractivity contribution in [2.75, 3.05) is 34.8 Å². The molecule has 2 heterocycles. The van der Waals surface area contributed by atoms with Crippen molar-refractivity contribution in [3.63, 3.8) is 0 Å². The Hall–Kier alpha value is -2.60. The molecule has 31 heavy (non-hydrogen) atoms. The maximum absolute atomic E-state index is 12.1. The molecule has 0 spiro atoms. The van der Waals surface area contributed by atoms with Crippen LogP contribution in [-0.2, 0) is 11.3 Å². The van der Waals surface area contributed by atoms with E-state index in [1.807, 2.05) is 30.0 Å². The normalized spacial score (nSPS) is 18.9. The Morgan fingerprint density at radius 2 is 1.94 bits per heavy atom. The highest BCUT2D eigenvalue weighted by atomic mass is 32.1. The molecule has 0 radical (unpaired) electrons. The van der Waals surface area contributed by atoms with Gasteiger partial charge in [-0.2, -0.15) is 0 Å². The predicted octanol–water partition coefficient (Wildman–Crippen LogP) is 4.84. The molecule has 6 heteroatoms. The van der Waals surface area contributed by atoms with E-state index in [0.29, 0.717) is 18.1 Å². The fraction of sp³-hybridized carbons (Fsp3) is 0.440. The summed E-state index contributed by atoms with van der Waals surface area (Å²) in [6, 6.07) is 14.8. The number of benzene rings is 2. The number of carbonyl (C=O) groups excluding carboxylic acids is 1. The molecule has 2 N–H and O–H groups in total. The maximum atomic E-state index is 12.1. The highest BCUT2D eigenvalue weighted by molar-refractivity contribution is 7.80. The summed E-state index contributed by atoms with van der Waals surface area (Å²) in [4.78, 5) is 16.5. The molecule has 0 unspecified atom stereocenters. The van der Waals surface area contributed by atoms with E-state index >= 15 is 0 Å². The molecule has 0 aromatic heterocycles. The third-order valence-electron chi connectivity index (χ3n) is 6.24. The molecule has 1 atom stereocenters. The van der Waals surface area contributed by atoms with E-state index in [4.69, 9.17) is 12.2 Å². The number of amides is 1. The van der Waals surface area contributed by atoms with Crippen LogP contribution in [0.2, 0.25) is 0 Å². The van der Waals surface area contributed by atoms with Gasteiger partial charge in [0.1, 0.15) is 0 Å². The largest absolute Gasteiger partial charge is 0.371 e. The Morgan fingerprint density at radius 3 is 2.65 bits per heavy atom. The number of rotatable bonds is 5. The zero-order chi connectivity index (χ0) is 21.8. The Bertz CT molecular complexity index is 943. The third kappa shape index (κ3) is 5.37. The molecular formula is C25H32N4OS. The summed E-state index contributed by atoms with van der Waals surface area (Å²) in [6.45, 7) is 8.13. The van der Waals surface area contributed by atoms with E-state index in [0.717, 1.165) is 48.9 Å². The van der Waals surface area contributed by atoms with Crippen molar-refractivity contribution in [1.29, 1.82) is 0 Å². The van der Waals surface area contributed by atoms with Crippen molar-refractivity contribution in [1.82, 2.24) is 5.32 Å². The lowest BCUT2D eigenvalue weighted by atomic mass is 9.99. The standard InChI is InChI=1S/C25H32N4OS/c1-18-5-3-13-28(17-18)22-11-8-20(9-12-22)16-26-25(31)27-21-10-7-19(2)23(15-21)29-14-4-6-24(29)30/h7-12,15,18H,3-6,13-14,16-17H2,1-2H3,(H2,26,27,31)/t18-/m1/s1. The van der Waals surface area contributed by atoms with E-state index in [1.165, 1.54) is 24.1 Å². The fourth-order valence-corrected chi connectivity index (χ4v) is 4.68. The number of anilines is 3. The van der Waals surface area contributed by atoms with Crippen LogP contribution >= 0.6 is 12.2 Å². The van der Waals surface area contributed by atoms with Crippen LogP contribution in [0.3, 0.4) is 0 Å². The van der Waals surface area contributed by atoms with Crippen molar-refractivity contribution < 1.29 is 4.79 Å². The predicted molar refractivity (Wildman–Crippen MR) is 133 cm³/mol. The summed E-state index contributed by atoms with van der Waals surface area (Å²) >= 11 is 5.50. The number of nitrogens with zero attached hydrogens (tertiary/aromatic N) is 2. The summed E-state index contributed by atoms with van der Waals surface area (Å²) < 4.78 is 0. The first kappa shape index (κ1) is 21.6. The molecule has 4 rings (SSSR count). The molecular weight excluding hydrogens is 404 g/mol. The topological polar surface area (TPSA) is 47.6 Å². The van der Waals surface area contributed by atoms with E-state index in [1.54, 1.807) is 0 Å². The summed E-state index contributed by atoms with van der Waals surface area (Å²) in [5, 5.41) is 7.13. The lowest BCUT2D eigenvalue weighted by molar-refractivity contribution is -0.117. The summed E-state index contributed by atoms with van der Waals surface area (Å²) in [6.07, 6.45) is 4.16. The molecule has 5 nitrogen and oxygen atoms in total. The SMILES string of the molecule is Cc1ccc(NC(=S)NCc2ccc(N3CCC[C@@H](C)C3)cc2)cc1N1CCCC1=O. The van der Waals surface area contributed by atoms with Gasteiger partial charge in [0, 0.05) is 49.7 Å².